The van der Waals surface area contributed by atoms with Crippen LogP contribution in [0.2, 0.25) is 0 Å². The van der Waals surface area contributed by atoms with Crippen LogP contribution in [0.5, 0.6) is 0 Å². The first kappa shape index (κ1) is 16.9. The molecule has 0 aliphatic carbocycles. The van der Waals surface area contributed by atoms with Gasteiger partial charge in [0.15, 0.2) is 0 Å². The lowest BCUT2D eigenvalue weighted by Crippen LogP contribution is -2.46. The number of hydrogen-bond donors (Lipinski definition) is 1. The lowest BCUT2D eigenvalue weighted by Gasteiger charge is -2.32. The fourth-order valence-corrected chi connectivity index (χ4v) is 2.13. The minimum Gasteiger partial charge on any atom is -0.382 e. The lowest BCUT2D eigenvalue weighted by atomic mass is 10.3. The summed E-state index contributed by atoms with van der Waals surface area (Å²) in [4.78, 5) is 4.94. The van der Waals surface area contributed by atoms with Gasteiger partial charge in [0.05, 0.1) is 13.2 Å². The highest BCUT2D eigenvalue weighted by Crippen LogP contribution is 1.97. The highest BCUT2D eigenvalue weighted by Gasteiger charge is 2.12. The van der Waals surface area contributed by atoms with E-state index < -0.39 is 0 Å². The fraction of sp³-hybridized carbons (Fsp3) is 1.00. The minimum absolute atomic E-state index is 0.698. The molecule has 1 saturated heterocycles. The first-order chi connectivity index (χ1) is 9.33. The Kier molecular flexibility index (Phi) is 10.3. The predicted molar refractivity (Wildman–Crippen MR) is 78.7 cm³/mol. The Morgan fingerprint density at radius 2 is 1.74 bits per heavy atom. The van der Waals surface area contributed by atoms with E-state index in [1.54, 1.807) is 7.11 Å². The van der Waals surface area contributed by atoms with E-state index in [1.807, 2.05) is 0 Å². The number of ether oxygens (including phenoxy) is 2. The van der Waals surface area contributed by atoms with E-state index >= 15 is 0 Å². The van der Waals surface area contributed by atoms with E-state index in [0.29, 0.717) is 13.2 Å². The molecule has 19 heavy (non-hydrogen) atoms. The Labute approximate surface area is 118 Å². The Balaban J connectivity index is 1.76. The summed E-state index contributed by atoms with van der Waals surface area (Å²) in [5.74, 6) is 0. The Morgan fingerprint density at radius 3 is 2.47 bits per heavy atom. The van der Waals surface area contributed by atoms with Crippen LogP contribution in [-0.2, 0) is 9.47 Å². The van der Waals surface area contributed by atoms with Crippen molar-refractivity contribution >= 4 is 0 Å². The van der Waals surface area contributed by atoms with Gasteiger partial charge in [0.1, 0.15) is 0 Å². The predicted octanol–water partition coefficient (Wildman–Crippen LogP) is 0.267. The molecule has 0 amide bonds. The second-order valence-electron chi connectivity index (χ2n) is 5.21. The molecule has 0 aromatic carbocycles. The average molecular weight is 273 g/mol. The topological polar surface area (TPSA) is 37.0 Å². The van der Waals surface area contributed by atoms with Crippen molar-refractivity contribution in [2.45, 2.75) is 12.8 Å². The molecule has 1 aliphatic rings. The molecule has 1 rings (SSSR count). The summed E-state index contributed by atoms with van der Waals surface area (Å²) in [5.41, 5.74) is 0. The van der Waals surface area contributed by atoms with Crippen molar-refractivity contribution in [3.63, 3.8) is 0 Å². The lowest BCUT2D eigenvalue weighted by molar-refractivity contribution is 0.0688. The minimum atomic E-state index is 0.698. The molecule has 0 saturated carbocycles. The van der Waals surface area contributed by atoms with Gasteiger partial charge in [0.25, 0.3) is 0 Å². The van der Waals surface area contributed by atoms with Crippen LogP contribution >= 0.6 is 0 Å². The summed E-state index contributed by atoms with van der Waals surface area (Å²) in [6.07, 6.45) is 2.32. The summed E-state index contributed by atoms with van der Waals surface area (Å²) < 4.78 is 10.3. The molecule has 0 atom stereocenters. The van der Waals surface area contributed by atoms with E-state index in [-0.39, 0.29) is 0 Å². The van der Waals surface area contributed by atoms with Gasteiger partial charge in [-0.15, -0.1) is 0 Å². The molecular formula is C14H31N3O2. The average Bonchev–Trinajstić information content (AvgIpc) is 2.43. The number of rotatable bonds is 11. The van der Waals surface area contributed by atoms with E-state index in [0.717, 1.165) is 26.1 Å². The number of hydrogen-bond acceptors (Lipinski definition) is 5. The van der Waals surface area contributed by atoms with Gasteiger partial charge in [-0.05, 0) is 26.4 Å². The molecule has 0 aromatic rings. The smallest absolute Gasteiger partial charge is 0.0700 e. The van der Waals surface area contributed by atoms with Crippen LogP contribution in [-0.4, -0.2) is 89.6 Å². The molecule has 0 spiro atoms. The molecule has 0 aromatic heterocycles. The van der Waals surface area contributed by atoms with Crippen molar-refractivity contribution in [2.75, 3.05) is 79.8 Å². The number of nitrogens with zero attached hydrogens (tertiary/aromatic N) is 2. The van der Waals surface area contributed by atoms with Crippen molar-refractivity contribution in [3.8, 4) is 0 Å². The zero-order valence-corrected chi connectivity index (χ0v) is 12.7. The maximum absolute atomic E-state index is 5.42. The summed E-state index contributed by atoms with van der Waals surface area (Å²) in [7, 11) is 3.90. The third kappa shape index (κ3) is 9.35. The van der Waals surface area contributed by atoms with Crippen molar-refractivity contribution < 1.29 is 9.47 Å². The Bertz CT molecular complexity index is 197. The maximum Gasteiger partial charge on any atom is 0.0700 e. The monoisotopic (exact) mass is 273 g/mol. The van der Waals surface area contributed by atoms with Gasteiger partial charge in [-0.1, -0.05) is 0 Å². The van der Waals surface area contributed by atoms with Crippen molar-refractivity contribution in [1.29, 1.82) is 0 Å². The first-order valence-corrected chi connectivity index (χ1v) is 7.51. The fourth-order valence-electron chi connectivity index (χ4n) is 2.13. The molecule has 1 N–H and O–H groups in total. The first-order valence-electron chi connectivity index (χ1n) is 7.51. The third-order valence-electron chi connectivity index (χ3n) is 3.52. The van der Waals surface area contributed by atoms with Crippen molar-refractivity contribution in [1.82, 2.24) is 15.1 Å². The normalized spacial score (nSPS) is 18.0. The number of nitrogens with one attached hydrogen (secondary N) is 1. The molecule has 0 radical (unpaired) electrons. The standard InChI is InChI=1S/C14H31N3O2/c1-16-8-10-17(11-9-16)7-6-15-5-3-4-12-19-14-13-18-2/h15H,3-14H2,1-2H3. The SMILES string of the molecule is COCCOCCCCNCCN1CCN(C)CC1. The quantitative estimate of drug-likeness (QED) is 0.547. The molecule has 0 bridgehead atoms. The van der Waals surface area contributed by atoms with E-state index in [4.69, 9.17) is 9.47 Å². The summed E-state index contributed by atoms with van der Waals surface area (Å²) >= 11 is 0. The van der Waals surface area contributed by atoms with Crippen LogP contribution < -0.4 is 5.32 Å². The zero-order chi connectivity index (χ0) is 13.8. The van der Waals surface area contributed by atoms with Crippen LogP contribution in [0, 0.1) is 0 Å². The van der Waals surface area contributed by atoms with Crippen LogP contribution in [0.15, 0.2) is 0 Å². The number of likely N-dealkylation sites (N-methyl/N-ethyl adjacent to an activating group) is 1. The Hall–Kier alpha value is -0.200. The second-order valence-corrected chi connectivity index (χ2v) is 5.21. The zero-order valence-electron chi connectivity index (χ0n) is 12.7. The van der Waals surface area contributed by atoms with Crippen molar-refractivity contribution in [3.05, 3.63) is 0 Å². The number of piperazine rings is 1. The van der Waals surface area contributed by atoms with Gasteiger partial charge in [0, 0.05) is 53.0 Å². The molecule has 1 heterocycles. The highest BCUT2D eigenvalue weighted by atomic mass is 16.5. The Morgan fingerprint density at radius 1 is 0.947 bits per heavy atom. The van der Waals surface area contributed by atoms with Gasteiger partial charge in [0.2, 0.25) is 0 Å². The molecule has 114 valence electrons. The van der Waals surface area contributed by atoms with Crippen LogP contribution in [0.25, 0.3) is 0 Å². The van der Waals surface area contributed by atoms with Crippen LogP contribution in [0.1, 0.15) is 12.8 Å². The van der Waals surface area contributed by atoms with Gasteiger partial charge < -0.3 is 19.7 Å². The second kappa shape index (κ2) is 11.6. The maximum atomic E-state index is 5.42. The van der Waals surface area contributed by atoms with Gasteiger partial charge in [-0.25, -0.2) is 0 Å². The molecule has 5 heteroatoms. The van der Waals surface area contributed by atoms with Crippen LogP contribution in [0.4, 0.5) is 0 Å². The summed E-state index contributed by atoms with van der Waals surface area (Å²) in [5, 5.41) is 3.51. The summed E-state index contributed by atoms with van der Waals surface area (Å²) in [6.45, 7) is 10.5. The van der Waals surface area contributed by atoms with Crippen LogP contribution in [0.3, 0.4) is 0 Å². The molecular weight excluding hydrogens is 242 g/mol. The molecule has 1 aliphatic heterocycles. The van der Waals surface area contributed by atoms with E-state index in [1.165, 1.54) is 39.1 Å². The van der Waals surface area contributed by atoms with E-state index in [2.05, 4.69) is 22.2 Å². The highest BCUT2D eigenvalue weighted by molar-refractivity contribution is 4.69. The summed E-state index contributed by atoms with van der Waals surface area (Å²) in [6, 6.07) is 0. The third-order valence-corrected chi connectivity index (χ3v) is 3.52. The largest absolute Gasteiger partial charge is 0.382 e. The van der Waals surface area contributed by atoms with Gasteiger partial charge in [-0.2, -0.15) is 0 Å². The van der Waals surface area contributed by atoms with Gasteiger partial charge >= 0.3 is 0 Å². The number of methoxy groups -OCH3 is 1. The molecule has 5 nitrogen and oxygen atoms in total. The van der Waals surface area contributed by atoms with E-state index in [9.17, 15) is 0 Å². The van der Waals surface area contributed by atoms with Gasteiger partial charge in [-0.3, -0.25) is 4.90 Å². The van der Waals surface area contributed by atoms with Crippen molar-refractivity contribution in [2.24, 2.45) is 0 Å². The molecule has 1 fully saturated rings. The number of unbranched alkanes of at least 4 members (excludes halogenated alkanes) is 1. The molecule has 0 unspecified atom stereocenters.